The van der Waals surface area contributed by atoms with Gasteiger partial charge >= 0.3 is 0 Å². The molecule has 0 fully saturated rings. The third kappa shape index (κ3) is 7.03. The number of amides is 2. The number of carbonyl (C=O) groups is 4. The number of hydrogen-bond donors (Lipinski definition) is 3. The van der Waals surface area contributed by atoms with Crippen molar-refractivity contribution in [1.29, 1.82) is 0 Å². The number of Topliss-reactive ketones (excluding diaryl/α,β-unsaturated/α-hetero) is 1. The smallest absolute Gasteiger partial charge is 0.247 e. The van der Waals surface area contributed by atoms with Gasteiger partial charge in [0.05, 0.1) is 25.7 Å². The van der Waals surface area contributed by atoms with Gasteiger partial charge < -0.3 is 39.4 Å². The van der Waals surface area contributed by atoms with E-state index in [4.69, 9.17) is 14.2 Å². The van der Waals surface area contributed by atoms with Crippen molar-refractivity contribution in [3.8, 4) is 11.5 Å². The van der Waals surface area contributed by atoms with Gasteiger partial charge in [0.15, 0.2) is 11.5 Å². The number of hydrogen-bond acceptors (Lipinski definition) is 9. The van der Waals surface area contributed by atoms with Crippen LogP contribution in [0.1, 0.15) is 61.4 Å². The Bertz CT molecular complexity index is 1090. The molecule has 3 N–H and O–H groups in total. The van der Waals surface area contributed by atoms with Gasteiger partial charge in [0.1, 0.15) is 24.3 Å². The molecule has 0 aromatic heterocycles. The minimum absolute atomic E-state index is 0.00818. The molecule has 1 aromatic carbocycles. The first-order valence-electron chi connectivity index (χ1n) is 13.3. The van der Waals surface area contributed by atoms with E-state index in [1.54, 1.807) is 12.1 Å². The number of rotatable bonds is 15. The molecular formula is C28H38N2O9. The second kappa shape index (κ2) is 14.2. The van der Waals surface area contributed by atoms with Gasteiger partial charge in [-0.1, -0.05) is 0 Å². The van der Waals surface area contributed by atoms with Crippen molar-refractivity contribution in [2.45, 2.75) is 63.7 Å². The van der Waals surface area contributed by atoms with E-state index in [2.05, 4.69) is 5.32 Å². The molecule has 1 aliphatic carbocycles. The second-order valence-electron chi connectivity index (χ2n) is 9.60. The number of nitrogens with zero attached hydrogens (tertiary/aromatic N) is 1. The van der Waals surface area contributed by atoms with Gasteiger partial charge in [0.2, 0.25) is 11.8 Å². The van der Waals surface area contributed by atoms with Crippen LogP contribution in [0.15, 0.2) is 23.8 Å². The summed E-state index contributed by atoms with van der Waals surface area (Å²) in [5.74, 6) is -0.906. The number of benzene rings is 1. The molecule has 1 aliphatic heterocycles. The van der Waals surface area contributed by atoms with E-state index in [9.17, 15) is 29.4 Å². The maximum Gasteiger partial charge on any atom is 0.247 e. The molecule has 0 unspecified atom stereocenters. The standard InChI is InChI=1S/C28H38N2O9/c1-4-38-12-6-10-30(23(34)8-5-7-17(2)33)21-15-20(28(36)29-9-11-31)24-19-13-18(16-32)14-22(37-3)26(19)39-27(24)25(21)35/h13-16,21,24-25,27,31,35H,4-12H2,1-3H3,(H,29,36)/t21-,24+,25+,27+/m1/s1. The molecule has 4 atom stereocenters. The van der Waals surface area contributed by atoms with E-state index in [0.717, 1.165) is 0 Å². The Balaban J connectivity index is 2.03. The molecule has 0 bridgehead atoms. The summed E-state index contributed by atoms with van der Waals surface area (Å²) in [5.41, 5.74) is 1.08. The first-order chi connectivity index (χ1) is 18.8. The Kier molecular flexibility index (Phi) is 11.0. The van der Waals surface area contributed by atoms with E-state index in [-0.39, 0.29) is 55.6 Å². The molecule has 39 heavy (non-hydrogen) atoms. The molecule has 1 aromatic rings. The SMILES string of the molecule is CCOCCCN(C(=O)CCCC(C)=O)[C@@H]1C=C(C(=O)NCCO)[C@@H]2c3cc(C=O)cc(OC)c3O[C@@H]2[C@H]1O. The van der Waals surface area contributed by atoms with Crippen LogP contribution in [-0.4, -0.2) is 97.3 Å². The quantitative estimate of drug-likeness (QED) is 0.217. The van der Waals surface area contributed by atoms with Crippen molar-refractivity contribution in [3.63, 3.8) is 0 Å². The molecule has 11 heteroatoms. The van der Waals surface area contributed by atoms with E-state index < -0.39 is 30.1 Å². The molecule has 11 nitrogen and oxygen atoms in total. The van der Waals surface area contributed by atoms with E-state index in [1.165, 1.54) is 25.0 Å². The highest BCUT2D eigenvalue weighted by molar-refractivity contribution is 5.96. The molecule has 2 amide bonds. The monoisotopic (exact) mass is 546 g/mol. The summed E-state index contributed by atoms with van der Waals surface area (Å²) in [4.78, 5) is 51.2. The summed E-state index contributed by atoms with van der Waals surface area (Å²) in [5, 5.41) is 23.5. The number of aliphatic hydroxyl groups is 2. The Morgan fingerprint density at radius 3 is 2.62 bits per heavy atom. The molecule has 0 saturated carbocycles. The normalized spacial score (nSPS) is 21.2. The van der Waals surface area contributed by atoms with Gasteiger partial charge in [0.25, 0.3) is 0 Å². The maximum absolute atomic E-state index is 13.4. The zero-order chi connectivity index (χ0) is 28.5. The zero-order valence-electron chi connectivity index (χ0n) is 22.7. The highest BCUT2D eigenvalue weighted by atomic mass is 16.5. The summed E-state index contributed by atoms with van der Waals surface area (Å²) < 4.78 is 17.0. The van der Waals surface area contributed by atoms with Gasteiger partial charge in [0, 0.05) is 55.8 Å². The van der Waals surface area contributed by atoms with Gasteiger partial charge in [-0.25, -0.2) is 0 Å². The summed E-state index contributed by atoms with van der Waals surface area (Å²) in [6, 6.07) is 2.21. The lowest BCUT2D eigenvalue weighted by atomic mass is 9.77. The van der Waals surface area contributed by atoms with E-state index >= 15 is 0 Å². The molecule has 3 rings (SSSR count). The first kappa shape index (κ1) is 30.3. The Hall–Kier alpha value is -3.28. The van der Waals surface area contributed by atoms with Crippen molar-refractivity contribution in [2.75, 3.05) is 40.0 Å². The van der Waals surface area contributed by atoms with Gasteiger partial charge in [-0.3, -0.25) is 14.4 Å². The lowest BCUT2D eigenvalue weighted by molar-refractivity contribution is -0.137. The molecule has 0 spiro atoms. The molecule has 0 saturated heterocycles. The van der Waals surface area contributed by atoms with Gasteiger partial charge in [-0.05, 0) is 44.9 Å². The number of ether oxygens (including phenoxy) is 3. The number of ketones is 1. The van der Waals surface area contributed by atoms with Crippen molar-refractivity contribution < 1.29 is 43.6 Å². The van der Waals surface area contributed by atoms with E-state index in [0.29, 0.717) is 49.2 Å². The lowest BCUT2D eigenvalue weighted by Crippen LogP contribution is -2.56. The van der Waals surface area contributed by atoms with Gasteiger partial charge in [-0.15, -0.1) is 0 Å². The minimum Gasteiger partial charge on any atom is -0.493 e. The molecule has 1 heterocycles. The molecule has 214 valence electrons. The third-order valence-electron chi connectivity index (χ3n) is 6.90. The number of methoxy groups -OCH3 is 1. The van der Waals surface area contributed by atoms with Crippen LogP contribution in [0.5, 0.6) is 11.5 Å². The van der Waals surface area contributed by atoms with Gasteiger partial charge in [-0.2, -0.15) is 0 Å². The van der Waals surface area contributed by atoms with Crippen molar-refractivity contribution in [2.24, 2.45) is 0 Å². The van der Waals surface area contributed by atoms with Crippen LogP contribution in [0.3, 0.4) is 0 Å². The fourth-order valence-electron chi connectivity index (χ4n) is 5.11. The molecular weight excluding hydrogens is 508 g/mol. The number of aldehydes is 1. The van der Waals surface area contributed by atoms with Crippen LogP contribution in [-0.2, 0) is 19.1 Å². The number of aliphatic hydroxyl groups excluding tert-OH is 2. The van der Waals surface area contributed by atoms with Crippen LogP contribution in [0.2, 0.25) is 0 Å². The van der Waals surface area contributed by atoms with Crippen molar-refractivity contribution in [1.82, 2.24) is 10.2 Å². The third-order valence-corrected chi connectivity index (χ3v) is 6.90. The fraction of sp³-hybridized carbons (Fsp3) is 0.571. The first-order valence-corrected chi connectivity index (χ1v) is 13.3. The number of carbonyl (C=O) groups excluding carboxylic acids is 4. The maximum atomic E-state index is 13.4. The van der Waals surface area contributed by atoms with Crippen LogP contribution < -0.4 is 14.8 Å². The van der Waals surface area contributed by atoms with Crippen LogP contribution in [0, 0.1) is 0 Å². The van der Waals surface area contributed by atoms with Crippen LogP contribution in [0.25, 0.3) is 0 Å². The largest absolute Gasteiger partial charge is 0.493 e. The summed E-state index contributed by atoms with van der Waals surface area (Å²) in [6.45, 7) is 4.26. The summed E-state index contributed by atoms with van der Waals surface area (Å²) in [6.07, 6.45) is 1.30. The predicted molar refractivity (Wildman–Crippen MR) is 141 cm³/mol. The Morgan fingerprint density at radius 1 is 1.21 bits per heavy atom. The van der Waals surface area contributed by atoms with E-state index in [1.807, 2.05) is 6.92 Å². The predicted octanol–water partition coefficient (Wildman–Crippen LogP) is 1.14. The topological polar surface area (TPSA) is 152 Å². The minimum atomic E-state index is -1.22. The number of fused-ring (bicyclic) bond motifs is 3. The molecule has 0 radical (unpaired) electrons. The number of nitrogens with one attached hydrogen (secondary N) is 1. The fourth-order valence-corrected chi connectivity index (χ4v) is 5.11. The Morgan fingerprint density at radius 2 is 1.97 bits per heavy atom. The molecule has 2 aliphatic rings. The zero-order valence-corrected chi connectivity index (χ0v) is 22.7. The second-order valence-corrected chi connectivity index (χ2v) is 9.60. The van der Waals surface area contributed by atoms with Crippen molar-refractivity contribution in [3.05, 3.63) is 34.9 Å². The summed E-state index contributed by atoms with van der Waals surface area (Å²) >= 11 is 0. The average Bonchev–Trinajstić information content (AvgIpc) is 3.31. The summed E-state index contributed by atoms with van der Waals surface area (Å²) in [7, 11) is 1.43. The average molecular weight is 547 g/mol. The van der Waals surface area contributed by atoms with Crippen molar-refractivity contribution >= 4 is 23.9 Å². The Labute approximate surface area is 228 Å². The highest BCUT2D eigenvalue weighted by Gasteiger charge is 2.51. The van der Waals surface area contributed by atoms with Crippen LogP contribution in [0.4, 0.5) is 0 Å². The highest BCUT2D eigenvalue weighted by Crippen LogP contribution is 2.51. The lowest BCUT2D eigenvalue weighted by Gasteiger charge is -2.40. The van der Waals surface area contributed by atoms with Crippen LogP contribution >= 0.6 is 0 Å².